The molecule has 0 amide bonds. The molecule has 7 nitrogen and oxygen atoms in total. The average Bonchev–Trinajstić information content (AvgIpc) is 3.44. The Hall–Kier alpha value is -0.460. The van der Waals surface area contributed by atoms with E-state index in [1.807, 2.05) is 6.92 Å². The lowest BCUT2D eigenvalue weighted by Gasteiger charge is -2.21. The van der Waals surface area contributed by atoms with Gasteiger partial charge in [-0.05, 0) is 12.8 Å². The Morgan fingerprint density at radius 1 is 0.769 bits per heavy atom. The fourth-order valence-corrected chi connectivity index (χ4v) is 6.35. The average molecular weight is 577 g/mol. The SMILES string of the molecule is CCCCCCCCCCCCCCCCCCOCC(COP(=O)(O)CC[NH+]1CCCC1)OC(=O)CCC. The molecule has 1 aliphatic rings. The third-order valence-electron chi connectivity index (χ3n) is 7.72. The summed E-state index contributed by atoms with van der Waals surface area (Å²) in [5.41, 5.74) is 0. The van der Waals surface area contributed by atoms with Crippen molar-refractivity contribution in [1.82, 2.24) is 0 Å². The van der Waals surface area contributed by atoms with Crippen molar-refractivity contribution in [2.45, 2.75) is 148 Å². The molecule has 0 spiro atoms. The van der Waals surface area contributed by atoms with Crippen molar-refractivity contribution < 1.29 is 33.2 Å². The molecule has 39 heavy (non-hydrogen) atoms. The lowest BCUT2D eigenvalue weighted by atomic mass is 10.0. The van der Waals surface area contributed by atoms with E-state index in [-0.39, 0.29) is 25.3 Å². The Labute approximate surface area is 240 Å². The Kier molecular flexibility index (Phi) is 23.7. The van der Waals surface area contributed by atoms with Gasteiger partial charge in [-0.1, -0.05) is 110 Å². The van der Waals surface area contributed by atoms with Gasteiger partial charge in [0.2, 0.25) is 0 Å². The van der Waals surface area contributed by atoms with Crippen LogP contribution >= 0.6 is 7.60 Å². The van der Waals surface area contributed by atoms with E-state index in [0.29, 0.717) is 26.0 Å². The molecule has 0 aromatic rings. The molecule has 0 saturated carbocycles. The third kappa shape index (κ3) is 22.9. The van der Waals surface area contributed by atoms with Crippen LogP contribution in [0.5, 0.6) is 0 Å². The molecule has 2 atom stereocenters. The summed E-state index contributed by atoms with van der Waals surface area (Å²) in [6.07, 6.45) is 24.2. The molecule has 0 radical (unpaired) electrons. The number of ether oxygens (including phenoxy) is 2. The number of unbranched alkanes of at least 4 members (excludes halogenated alkanes) is 15. The molecule has 0 aromatic carbocycles. The number of likely N-dealkylation sites (tertiary alicyclic amines) is 1. The molecule has 1 fully saturated rings. The van der Waals surface area contributed by atoms with E-state index in [0.717, 1.165) is 25.9 Å². The molecule has 8 heteroatoms. The van der Waals surface area contributed by atoms with Crippen LogP contribution in [0.4, 0.5) is 0 Å². The first-order valence-corrected chi connectivity index (χ1v) is 18.3. The van der Waals surface area contributed by atoms with Gasteiger partial charge in [0.05, 0.1) is 39.0 Å². The van der Waals surface area contributed by atoms with Crippen LogP contribution < -0.4 is 4.90 Å². The second-order valence-electron chi connectivity index (χ2n) is 11.6. The highest BCUT2D eigenvalue weighted by Crippen LogP contribution is 2.41. The van der Waals surface area contributed by atoms with Crippen molar-refractivity contribution in [3.05, 3.63) is 0 Å². The molecule has 1 saturated heterocycles. The molecule has 1 aliphatic heterocycles. The smallest absolute Gasteiger partial charge is 0.333 e. The summed E-state index contributed by atoms with van der Waals surface area (Å²) < 4.78 is 29.1. The van der Waals surface area contributed by atoms with E-state index in [4.69, 9.17) is 14.0 Å². The van der Waals surface area contributed by atoms with Crippen molar-refractivity contribution in [3.63, 3.8) is 0 Å². The molecular weight excluding hydrogens is 513 g/mol. The van der Waals surface area contributed by atoms with Gasteiger partial charge in [0.1, 0.15) is 6.10 Å². The van der Waals surface area contributed by atoms with Gasteiger partial charge in [0.25, 0.3) is 0 Å². The molecule has 0 aliphatic carbocycles. The number of esters is 1. The summed E-state index contributed by atoms with van der Waals surface area (Å²) in [6, 6.07) is 0. The monoisotopic (exact) mass is 576 g/mol. The molecular formula is C31H63NO6P+. The van der Waals surface area contributed by atoms with Gasteiger partial charge in [-0.2, -0.15) is 0 Å². The number of carbonyl (C=O) groups excluding carboxylic acids is 1. The lowest BCUT2D eigenvalue weighted by molar-refractivity contribution is -0.884. The predicted octanol–water partition coefficient (Wildman–Crippen LogP) is 6.86. The largest absolute Gasteiger partial charge is 0.457 e. The summed E-state index contributed by atoms with van der Waals surface area (Å²) in [7, 11) is -3.70. The van der Waals surface area contributed by atoms with Gasteiger partial charge < -0.3 is 23.8 Å². The van der Waals surface area contributed by atoms with Crippen LogP contribution in [-0.2, 0) is 23.4 Å². The fourth-order valence-electron chi connectivity index (χ4n) is 5.22. The van der Waals surface area contributed by atoms with E-state index >= 15 is 0 Å². The minimum absolute atomic E-state index is 0.0997. The van der Waals surface area contributed by atoms with Gasteiger partial charge in [0, 0.05) is 25.9 Å². The maximum absolute atomic E-state index is 12.5. The maximum atomic E-state index is 12.5. The highest BCUT2D eigenvalue weighted by Gasteiger charge is 2.27. The first-order chi connectivity index (χ1) is 19.0. The van der Waals surface area contributed by atoms with E-state index in [1.54, 1.807) is 0 Å². The van der Waals surface area contributed by atoms with Gasteiger partial charge in [-0.15, -0.1) is 0 Å². The summed E-state index contributed by atoms with van der Waals surface area (Å²) >= 11 is 0. The van der Waals surface area contributed by atoms with Gasteiger partial charge in [-0.3, -0.25) is 9.36 Å². The van der Waals surface area contributed by atoms with Gasteiger partial charge >= 0.3 is 13.6 Å². The molecule has 1 heterocycles. The zero-order chi connectivity index (χ0) is 28.4. The minimum Gasteiger partial charge on any atom is -0.457 e. The van der Waals surface area contributed by atoms with E-state index in [9.17, 15) is 14.3 Å². The molecule has 1 rings (SSSR count). The molecule has 2 N–H and O–H groups in total. The van der Waals surface area contributed by atoms with E-state index < -0.39 is 13.7 Å². The first-order valence-electron chi connectivity index (χ1n) is 16.5. The van der Waals surface area contributed by atoms with Crippen molar-refractivity contribution in [2.24, 2.45) is 0 Å². The van der Waals surface area contributed by atoms with Crippen molar-refractivity contribution in [3.8, 4) is 0 Å². The lowest BCUT2D eigenvalue weighted by Crippen LogP contribution is -3.10. The second kappa shape index (κ2) is 25.3. The minimum atomic E-state index is -3.70. The number of nitrogens with one attached hydrogen (secondary N) is 1. The first kappa shape index (κ1) is 36.6. The third-order valence-corrected chi connectivity index (χ3v) is 9.06. The number of hydrogen-bond acceptors (Lipinski definition) is 5. The van der Waals surface area contributed by atoms with Crippen molar-refractivity contribution >= 4 is 13.6 Å². The predicted molar refractivity (Wildman–Crippen MR) is 161 cm³/mol. The topological polar surface area (TPSA) is 86.5 Å². The summed E-state index contributed by atoms with van der Waals surface area (Å²) in [6.45, 7) is 7.66. The highest BCUT2D eigenvalue weighted by atomic mass is 31.2. The summed E-state index contributed by atoms with van der Waals surface area (Å²) in [4.78, 5) is 23.6. The zero-order valence-corrected chi connectivity index (χ0v) is 26.5. The Morgan fingerprint density at radius 2 is 1.28 bits per heavy atom. The standard InChI is InChI=1S/C31H62NO6P/c1-3-5-6-7-8-9-10-11-12-13-14-15-16-17-18-21-26-36-28-30(38-31(33)22-4-2)29-37-39(34,35)27-25-32-23-19-20-24-32/h30H,3-29H2,1-2H3,(H,34,35)/p+1. The summed E-state index contributed by atoms with van der Waals surface area (Å²) in [5.74, 6) is -0.314. The normalized spacial score (nSPS) is 16.4. The van der Waals surface area contributed by atoms with Crippen molar-refractivity contribution in [2.75, 3.05) is 45.6 Å². The number of rotatable bonds is 28. The van der Waals surface area contributed by atoms with Crippen LogP contribution in [0.2, 0.25) is 0 Å². The molecule has 232 valence electrons. The number of quaternary nitrogens is 1. The fraction of sp³-hybridized carbons (Fsp3) is 0.968. The Bertz CT molecular complexity index is 614. The van der Waals surface area contributed by atoms with Crippen LogP contribution in [0.25, 0.3) is 0 Å². The second-order valence-corrected chi connectivity index (χ2v) is 13.6. The Balaban J connectivity index is 2.04. The molecule has 2 unspecified atom stereocenters. The van der Waals surface area contributed by atoms with Crippen LogP contribution in [0.15, 0.2) is 0 Å². The van der Waals surface area contributed by atoms with Crippen molar-refractivity contribution in [1.29, 1.82) is 0 Å². The van der Waals surface area contributed by atoms with Crippen LogP contribution in [-0.4, -0.2) is 62.6 Å². The maximum Gasteiger partial charge on any atom is 0.333 e. The van der Waals surface area contributed by atoms with E-state index in [2.05, 4.69) is 6.92 Å². The quantitative estimate of drug-likeness (QED) is 0.0601. The molecule has 0 aromatic heterocycles. The van der Waals surface area contributed by atoms with Crippen LogP contribution in [0.1, 0.15) is 142 Å². The number of hydrogen-bond donors (Lipinski definition) is 2. The van der Waals surface area contributed by atoms with Gasteiger partial charge in [0.15, 0.2) is 0 Å². The highest BCUT2D eigenvalue weighted by molar-refractivity contribution is 7.52. The Morgan fingerprint density at radius 3 is 1.79 bits per heavy atom. The van der Waals surface area contributed by atoms with Crippen LogP contribution in [0.3, 0.4) is 0 Å². The summed E-state index contributed by atoms with van der Waals surface area (Å²) in [5, 5.41) is 0. The number of carbonyl (C=O) groups is 1. The zero-order valence-electron chi connectivity index (χ0n) is 25.6. The van der Waals surface area contributed by atoms with E-state index in [1.165, 1.54) is 108 Å². The van der Waals surface area contributed by atoms with Crippen LogP contribution in [0, 0.1) is 0 Å². The van der Waals surface area contributed by atoms with Gasteiger partial charge in [-0.25, -0.2) is 0 Å². The molecule has 0 bridgehead atoms.